The summed E-state index contributed by atoms with van der Waals surface area (Å²) in [5, 5.41) is 3.28. The molecule has 0 aliphatic carbocycles. The zero-order valence-corrected chi connectivity index (χ0v) is 9.81. The number of nitrogens with one attached hydrogen (secondary N) is 1. The fourth-order valence-electron chi connectivity index (χ4n) is 1.59. The molecule has 0 spiro atoms. The number of hydrogen-bond acceptors (Lipinski definition) is 3. The van der Waals surface area contributed by atoms with Crippen LogP contribution in [0.25, 0.3) is 0 Å². The summed E-state index contributed by atoms with van der Waals surface area (Å²) < 4.78 is 24.4. The molecular formula is C9H20N2O2S. The molecule has 1 fully saturated rings. The first-order valence-corrected chi connectivity index (χ1v) is 6.84. The quantitative estimate of drug-likeness (QED) is 0.683. The van der Waals surface area contributed by atoms with E-state index in [1.54, 1.807) is 4.31 Å². The average Bonchev–Trinajstić information content (AvgIpc) is 2.39. The summed E-state index contributed by atoms with van der Waals surface area (Å²) in [6.45, 7) is 6.45. The standard InChI is InChI=1S/C9H20N2O2S/c1-9(2)10-5-3-6-11-7-4-8-14(11,12)13/h9-10H,3-8H2,1-2H3. The molecule has 0 aromatic rings. The van der Waals surface area contributed by atoms with Crippen LogP contribution in [0, 0.1) is 0 Å². The number of nitrogens with zero attached hydrogens (tertiary/aromatic N) is 1. The summed E-state index contributed by atoms with van der Waals surface area (Å²) in [7, 11) is -2.88. The van der Waals surface area contributed by atoms with Crippen molar-refractivity contribution in [3.05, 3.63) is 0 Å². The summed E-state index contributed by atoms with van der Waals surface area (Å²) in [4.78, 5) is 0. The van der Waals surface area contributed by atoms with Gasteiger partial charge in [0.1, 0.15) is 0 Å². The van der Waals surface area contributed by atoms with E-state index >= 15 is 0 Å². The largest absolute Gasteiger partial charge is 0.314 e. The Morgan fingerprint density at radius 3 is 2.64 bits per heavy atom. The fraction of sp³-hybridized carbons (Fsp3) is 1.00. The highest BCUT2D eigenvalue weighted by Crippen LogP contribution is 2.12. The van der Waals surface area contributed by atoms with Crippen molar-refractivity contribution < 1.29 is 8.42 Å². The van der Waals surface area contributed by atoms with Crippen LogP contribution in [0.15, 0.2) is 0 Å². The molecule has 0 aromatic heterocycles. The molecule has 1 aliphatic heterocycles. The monoisotopic (exact) mass is 220 g/mol. The third-order valence-corrected chi connectivity index (χ3v) is 4.30. The third kappa shape index (κ3) is 3.55. The Bertz CT molecular complexity index is 262. The third-order valence-electron chi connectivity index (χ3n) is 2.34. The molecule has 14 heavy (non-hydrogen) atoms. The molecular weight excluding hydrogens is 200 g/mol. The van der Waals surface area contributed by atoms with Gasteiger partial charge >= 0.3 is 0 Å². The molecule has 0 aromatic carbocycles. The molecule has 0 unspecified atom stereocenters. The van der Waals surface area contributed by atoms with Crippen molar-refractivity contribution in [2.75, 3.05) is 25.4 Å². The van der Waals surface area contributed by atoms with E-state index in [9.17, 15) is 8.42 Å². The first-order chi connectivity index (χ1) is 6.52. The highest BCUT2D eigenvalue weighted by atomic mass is 32.2. The van der Waals surface area contributed by atoms with Gasteiger partial charge in [0.25, 0.3) is 0 Å². The van der Waals surface area contributed by atoms with Gasteiger partial charge in [-0.05, 0) is 19.4 Å². The zero-order chi connectivity index (χ0) is 10.6. The lowest BCUT2D eigenvalue weighted by molar-refractivity contribution is 0.424. The number of hydrogen-bond donors (Lipinski definition) is 1. The zero-order valence-electron chi connectivity index (χ0n) is 8.99. The lowest BCUT2D eigenvalue weighted by Crippen LogP contribution is -2.31. The van der Waals surface area contributed by atoms with Crippen LogP contribution in [0.4, 0.5) is 0 Å². The van der Waals surface area contributed by atoms with Gasteiger partial charge in [0, 0.05) is 19.1 Å². The van der Waals surface area contributed by atoms with Crippen LogP contribution in [0.2, 0.25) is 0 Å². The normalized spacial score (nSPS) is 21.9. The Kier molecular flexibility index (Phi) is 4.34. The lowest BCUT2D eigenvalue weighted by Gasteiger charge is -2.14. The van der Waals surface area contributed by atoms with Crippen molar-refractivity contribution in [3.8, 4) is 0 Å². The van der Waals surface area contributed by atoms with Crippen LogP contribution >= 0.6 is 0 Å². The Morgan fingerprint density at radius 2 is 2.14 bits per heavy atom. The van der Waals surface area contributed by atoms with Crippen LogP contribution in [0.3, 0.4) is 0 Å². The minimum atomic E-state index is -2.88. The van der Waals surface area contributed by atoms with E-state index in [1.165, 1.54) is 0 Å². The van der Waals surface area contributed by atoms with Gasteiger partial charge in [0.05, 0.1) is 5.75 Å². The Balaban J connectivity index is 2.19. The number of sulfonamides is 1. The first kappa shape index (κ1) is 11.9. The molecule has 0 radical (unpaired) electrons. The predicted octanol–water partition coefficient (Wildman–Crippen LogP) is 0.410. The molecule has 0 amide bonds. The van der Waals surface area contributed by atoms with Gasteiger partial charge in [-0.1, -0.05) is 13.8 Å². The van der Waals surface area contributed by atoms with E-state index < -0.39 is 10.0 Å². The Hall–Kier alpha value is -0.130. The molecule has 0 atom stereocenters. The molecule has 1 aliphatic rings. The Labute approximate surface area is 86.7 Å². The van der Waals surface area contributed by atoms with E-state index in [0.29, 0.717) is 24.9 Å². The highest BCUT2D eigenvalue weighted by Gasteiger charge is 2.27. The van der Waals surface area contributed by atoms with E-state index in [0.717, 1.165) is 19.4 Å². The summed E-state index contributed by atoms with van der Waals surface area (Å²) in [5.41, 5.74) is 0. The second kappa shape index (κ2) is 5.09. The SMILES string of the molecule is CC(C)NCCCN1CCCS1(=O)=O. The minimum Gasteiger partial charge on any atom is -0.314 e. The molecule has 5 heteroatoms. The van der Waals surface area contributed by atoms with Crippen LogP contribution in [-0.4, -0.2) is 44.2 Å². The van der Waals surface area contributed by atoms with Crippen molar-refractivity contribution >= 4 is 10.0 Å². The van der Waals surface area contributed by atoms with Crippen molar-refractivity contribution in [1.29, 1.82) is 0 Å². The van der Waals surface area contributed by atoms with Gasteiger partial charge < -0.3 is 5.32 Å². The smallest absolute Gasteiger partial charge is 0.214 e. The van der Waals surface area contributed by atoms with Crippen molar-refractivity contribution in [1.82, 2.24) is 9.62 Å². The maximum absolute atomic E-state index is 11.4. The molecule has 1 heterocycles. The highest BCUT2D eigenvalue weighted by molar-refractivity contribution is 7.89. The molecule has 84 valence electrons. The van der Waals surface area contributed by atoms with E-state index in [2.05, 4.69) is 19.2 Å². The van der Waals surface area contributed by atoms with Crippen molar-refractivity contribution in [3.63, 3.8) is 0 Å². The molecule has 4 nitrogen and oxygen atoms in total. The first-order valence-electron chi connectivity index (χ1n) is 5.23. The second-order valence-electron chi connectivity index (χ2n) is 4.03. The summed E-state index contributed by atoms with van der Waals surface area (Å²) >= 11 is 0. The van der Waals surface area contributed by atoms with Gasteiger partial charge in [-0.2, -0.15) is 0 Å². The van der Waals surface area contributed by atoms with E-state index in [-0.39, 0.29) is 0 Å². The maximum Gasteiger partial charge on any atom is 0.214 e. The van der Waals surface area contributed by atoms with Crippen LogP contribution in [0.5, 0.6) is 0 Å². The summed E-state index contributed by atoms with van der Waals surface area (Å²) in [6, 6.07) is 0.477. The Morgan fingerprint density at radius 1 is 1.43 bits per heavy atom. The van der Waals surface area contributed by atoms with Crippen LogP contribution < -0.4 is 5.32 Å². The van der Waals surface area contributed by atoms with Crippen molar-refractivity contribution in [2.45, 2.75) is 32.7 Å². The molecule has 1 saturated heterocycles. The topological polar surface area (TPSA) is 49.4 Å². The average molecular weight is 220 g/mol. The fourth-order valence-corrected chi connectivity index (χ4v) is 3.16. The second-order valence-corrected chi connectivity index (χ2v) is 6.12. The van der Waals surface area contributed by atoms with Crippen LogP contribution in [-0.2, 0) is 10.0 Å². The summed E-state index contributed by atoms with van der Waals surface area (Å²) in [6.07, 6.45) is 1.69. The van der Waals surface area contributed by atoms with Gasteiger partial charge in [-0.25, -0.2) is 12.7 Å². The predicted molar refractivity (Wildman–Crippen MR) is 57.7 cm³/mol. The van der Waals surface area contributed by atoms with Crippen molar-refractivity contribution in [2.24, 2.45) is 0 Å². The van der Waals surface area contributed by atoms with Gasteiger partial charge in [-0.15, -0.1) is 0 Å². The minimum absolute atomic E-state index is 0.338. The summed E-state index contributed by atoms with van der Waals surface area (Å²) in [5.74, 6) is 0.338. The molecule has 1 N–H and O–H groups in total. The lowest BCUT2D eigenvalue weighted by atomic mass is 10.3. The molecule has 1 rings (SSSR count). The van der Waals surface area contributed by atoms with Gasteiger partial charge in [0.15, 0.2) is 0 Å². The van der Waals surface area contributed by atoms with Gasteiger partial charge in [-0.3, -0.25) is 0 Å². The molecule has 0 bridgehead atoms. The van der Waals surface area contributed by atoms with E-state index in [4.69, 9.17) is 0 Å². The van der Waals surface area contributed by atoms with Crippen LogP contribution in [0.1, 0.15) is 26.7 Å². The van der Waals surface area contributed by atoms with Gasteiger partial charge in [0.2, 0.25) is 10.0 Å². The molecule has 0 saturated carbocycles. The number of rotatable bonds is 5. The maximum atomic E-state index is 11.4. The van der Waals surface area contributed by atoms with E-state index in [1.807, 2.05) is 0 Å².